The predicted molar refractivity (Wildman–Crippen MR) is 121 cm³/mol. The van der Waals surface area contributed by atoms with Crippen molar-refractivity contribution in [1.82, 2.24) is 19.2 Å². The Kier molecular flexibility index (Phi) is 5.29. The Labute approximate surface area is 204 Å². The van der Waals surface area contributed by atoms with Gasteiger partial charge in [-0.2, -0.15) is 35.6 Å². The molecule has 3 aromatic rings. The topological polar surface area (TPSA) is 88.3 Å². The number of halogens is 4. The third-order valence-corrected chi connectivity index (χ3v) is 9.26. The van der Waals surface area contributed by atoms with Crippen LogP contribution >= 0.6 is 0 Å². The van der Waals surface area contributed by atoms with Crippen LogP contribution in [0.15, 0.2) is 47.0 Å². The van der Waals surface area contributed by atoms with Gasteiger partial charge in [-0.05, 0) is 79.0 Å². The molecule has 1 aromatic heterocycles. The molecule has 0 amide bonds. The monoisotopic (exact) mass is 522 g/mol. The van der Waals surface area contributed by atoms with Gasteiger partial charge in [-0.15, -0.1) is 0 Å². The standard InChI is InChI=1S/C24H22F4N4O3S/c25-20-7-3-14(4-8-20)22-29-21(30-35-22)16-2-1-15-10-18-5-6-19(11-17(15)9-16)23(18)12-32(13-24(26,27)28)36(33,34)31-23/h1-4,7-9,18-19,31H,5-6,10-13H2/t18-,19+,23-/m0/s1. The molecule has 2 aromatic carbocycles. The molecule has 1 saturated carbocycles. The Morgan fingerprint density at radius 1 is 1.03 bits per heavy atom. The van der Waals surface area contributed by atoms with Crippen LogP contribution in [-0.2, 0) is 23.1 Å². The van der Waals surface area contributed by atoms with Crippen molar-refractivity contribution in [3.8, 4) is 22.8 Å². The highest BCUT2D eigenvalue weighted by atomic mass is 32.2. The van der Waals surface area contributed by atoms with Gasteiger partial charge in [0.2, 0.25) is 5.82 Å². The van der Waals surface area contributed by atoms with E-state index in [0.717, 1.165) is 24.0 Å². The van der Waals surface area contributed by atoms with Crippen molar-refractivity contribution < 1.29 is 30.5 Å². The first-order chi connectivity index (χ1) is 17.0. The molecule has 190 valence electrons. The maximum atomic E-state index is 13.2. The zero-order valence-electron chi connectivity index (χ0n) is 18.9. The molecule has 2 fully saturated rings. The summed E-state index contributed by atoms with van der Waals surface area (Å²) in [5.74, 6) is 0.00884. The molecule has 2 bridgehead atoms. The minimum atomic E-state index is -4.61. The molecule has 6 rings (SSSR count). The Morgan fingerprint density at radius 3 is 2.39 bits per heavy atom. The van der Waals surface area contributed by atoms with Crippen LogP contribution < -0.4 is 4.72 Å². The lowest BCUT2D eigenvalue weighted by Crippen LogP contribution is -2.52. The molecule has 0 radical (unpaired) electrons. The van der Waals surface area contributed by atoms with E-state index in [4.69, 9.17) is 4.52 Å². The van der Waals surface area contributed by atoms with E-state index in [1.54, 1.807) is 12.1 Å². The average Bonchev–Trinajstić information content (AvgIpc) is 3.43. The molecule has 36 heavy (non-hydrogen) atoms. The van der Waals surface area contributed by atoms with Crippen LogP contribution in [0.5, 0.6) is 0 Å². The molecule has 12 heteroatoms. The van der Waals surface area contributed by atoms with Crippen LogP contribution in [0.2, 0.25) is 0 Å². The summed E-state index contributed by atoms with van der Waals surface area (Å²) in [6.45, 7) is -1.67. The van der Waals surface area contributed by atoms with Gasteiger partial charge in [-0.3, -0.25) is 0 Å². The summed E-state index contributed by atoms with van der Waals surface area (Å²) in [5, 5.41) is 4.05. The Bertz CT molecular complexity index is 1420. The molecule has 2 aliphatic carbocycles. The van der Waals surface area contributed by atoms with E-state index in [1.807, 2.05) is 18.2 Å². The summed E-state index contributed by atoms with van der Waals surface area (Å²) >= 11 is 0. The van der Waals surface area contributed by atoms with Gasteiger partial charge in [0.15, 0.2) is 0 Å². The average molecular weight is 523 g/mol. The number of nitrogens with one attached hydrogen (secondary N) is 1. The number of rotatable bonds is 3. The van der Waals surface area contributed by atoms with Crippen molar-refractivity contribution in [3.63, 3.8) is 0 Å². The van der Waals surface area contributed by atoms with Gasteiger partial charge in [-0.1, -0.05) is 17.3 Å². The molecule has 1 saturated heterocycles. The molecule has 3 atom stereocenters. The molecule has 3 aliphatic rings. The molecule has 7 nitrogen and oxygen atoms in total. The van der Waals surface area contributed by atoms with E-state index in [2.05, 4.69) is 14.9 Å². The van der Waals surface area contributed by atoms with Crippen LogP contribution in [0.3, 0.4) is 0 Å². The Morgan fingerprint density at radius 2 is 1.69 bits per heavy atom. The minimum Gasteiger partial charge on any atom is -0.334 e. The van der Waals surface area contributed by atoms with Crippen molar-refractivity contribution in [3.05, 3.63) is 59.4 Å². The SMILES string of the molecule is O=S1(=O)N[C@]2(CN1CC(F)(F)F)[C@@H]1CC[C@H]2Cc2ccc(-c3noc(-c4ccc(F)cc4)n3)cc2C1. The number of aromatic nitrogens is 2. The van der Waals surface area contributed by atoms with Gasteiger partial charge in [0, 0.05) is 17.7 Å². The maximum Gasteiger partial charge on any atom is 0.402 e. The van der Waals surface area contributed by atoms with E-state index in [1.165, 1.54) is 12.1 Å². The van der Waals surface area contributed by atoms with E-state index in [-0.39, 0.29) is 30.1 Å². The highest BCUT2D eigenvalue weighted by Gasteiger charge is 2.60. The highest BCUT2D eigenvalue weighted by molar-refractivity contribution is 7.87. The van der Waals surface area contributed by atoms with Crippen molar-refractivity contribution in [2.45, 2.75) is 37.4 Å². The van der Waals surface area contributed by atoms with Crippen LogP contribution in [0.25, 0.3) is 22.8 Å². The second-order valence-electron chi connectivity index (χ2n) is 9.82. The molecule has 1 aliphatic heterocycles. The predicted octanol–water partition coefficient (Wildman–Crippen LogP) is 4.12. The van der Waals surface area contributed by atoms with Gasteiger partial charge >= 0.3 is 6.18 Å². The second-order valence-corrected chi connectivity index (χ2v) is 11.5. The van der Waals surface area contributed by atoms with Crippen LogP contribution in [-0.4, -0.2) is 47.7 Å². The quantitative estimate of drug-likeness (QED) is 0.523. The summed E-state index contributed by atoms with van der Waals surface area (Å²) in [6, 6.07) is 11.5. The number of fused-ring (bicyclic) bond motifs is 1. The molecule has 0 unspecified atom stereocenters. The Hall–Kier alpha value is -2.83. The van der Waals surface area contributed by atoms with Crippen molar-refractivity contribution in [2.75, 3.05) is 13.1 Å². The van der Waals surface area contributed by atoms with Gasteiger partial charge in [0.05, 0.1) is 5.54 Å². The largest absolute Gasteiger partial charge is 0.402 e. The summed E-state index contributed by atoms with van der Waals surface area (Å²) in [4.78, 5) is 4.43. The zero-order chi connectivity index (χ0) is 25.3. The second kappa shape index (κ2) is 8.09. The maximum absolute atomic E-state index is 13.2. The first-order valence-electron chi connectivity index (χ1n) is 11.6. The zero-order valence-corrected chi connectivity index (χ0v) is 19.7. The van der Waals surface area contributed by atoms with Gasteiger partial charge in [-0.25, -0.2) is 4.39 Å². The summed E-state index contributed by atoms with van der Waals surface area (Å²) in [5.41, 5.74) is 2.41. The first kappa shape index (κ1) is 23.6. The summed E-state index contributed by atoms with van der Waals surface area (Å²) in [6.07, 6.45) is -2.03. The molecule has 1 N–H and O–H groups in total. The normalized spacial score (nSPS) is 27.3. The number of alkyl halides is 3. The number of nitrogens with zero attached hydrogens (tertiary/aromatic N) is 3. The van der Waals surface area contributed by atoms with Crippen molar-refractivity contribution in [1.29, 1.82) is 0 Å². The van der Waals surface area contributed by atoms with E-state index in [0.29, 0.717) is 34.1 Å². The van der Waals surface area contributed by atoms with Crippen molar-refractivity contribution >= 4 is 10.2 Å². The third kappa shape index (κ3) is 4.00. The molecule has 1 spiro atoms. The molecular formula is C24H22F4N4O3S. The van der Waals surface area contributed by atoms with Crippen LogP contribution in [0, 0.1) is 17.7 Å². The fourth-order valence-corrected chi connectivity index (χ4v) is 7.74. The van der Waals surface area contributed by atoms with Gasteiger partial charge in [0.1, 0.15) is 12.4 Å². The number of hydrogen-bond acceptors (Lipinski definition) is 5. The summed E-state index contributed by atoms with van der Waals surface area (Å²) < 4.78 is 86.3. The Balaban J connectivity index is 1.29. The van der Waals surface area contributed by atoms with E-state index < -0.39 is 28.5 Å². The lowest BCUT2D eigenvalue weighted by atomic mass is 9.79. The molecular weight excluding hydrogens is 500 g/mol. The van der Waals surface area contributed by atoms with E-state index >= 15 is 0 Å². The fraction of sp³-hybridized carbons (Fsp3) is 0.417. The first-order valence-corrected chi connectivity index (χ1v) is 13.0. The highest BCUT2D eigenvalue weighted by Crippen LogP contribution is 2.50. The van der Waals surface area contributed by atoms with Crippen LogP contribution in [0.4, 0.5) is 17.6 Å². The van der Waals surface area contributed by atoms with Crippen molar-refractivity contribution in [2.24, 2.45) is 11.8 Å². The fourth-order valence-electron chi connectivity index (χ4n) is 6.03. The number of hydrogen-bond donors (Lipinski definition) is 1. The van der Waals surface area contributed by atoms with Crippen LogP contribution in [0.1, 0.15) is 24.0 Å². The van der Waals surface area contributed by atoms with Gasteiger partial charge < -0.3 is 4.52 Å². The lowest BCUT2D eigenvalue weighted by molar-refractivity contribution is -0.136. The smallest absolute Gasteiger partial charge is 0.334 e. The van der Waals surface area contributed by atoms with Gasteiger partial charge in [0.25, 0.3) is 16.1 Å². The summed E-state index contributed by atoms with van der Waals surface area (Å²) in [7, 11) is -4.23. The number of benzene rings is 2. The van der Waals surface area contributed by atoms with E-state index in [9.17, 15) is 26.0 Å². The minimum absolute atomic E-state index is 0.0992. The third-order valence-electron chi connectivity index (χ3n) is 7.69. The molecule has 2 heterocycles. The lowest BCUT2D eigenvalue weighted by Gasteiger charge is -2.33.